The normalized spacial score (nSPS) is 11.9. The van der Waals surface area contributed by atoms with Crippen molar-refractivity contribution in [1.82, 2.24) is 0 Å². The molecule has 0 unspecified atom stereocenters. The molecule has 0 saturated carbocycles. The number of fused-ring (bicyclic) bond motifs is 1. The zero-order valence-electron chi connectivity index (χ0n) is 7.34. The Labute approximate surface area is 87.1 Å². The van der Waals surface area contributed by atoms with Gasteiger partial charge < -0.3 is 0 Å². The standard InChI is InChI=1S/C10H5F3OS/c11-10(12,13)8-5-15-9-3-6(4-14)1-2-7(8)9/h1-5H. The highest BCUT2D eigenvalue weighted by Gasteiger charge is 2.33. The van der Waals surface area contributed by atoms with Gasteiger partial charge in [0.25, 0.3) is 0 Å². The predicted molar refractivity (Wildman–Crippen MR) is 52.2 cm³/mol. The van der Waals surface area contributed by atoms with Gasteiger partial charge in [0.15, 0.2) is 0 Å². The van der Waals surface area contributed by atoms with Gasteiger partial charge in [-0.15, -0.1) is 11.3 Å². The largest absolute Gasteiger partial charge is 0.417 e. The van der Waals surface area contributed by atoms with Crippen molar-refractivity contribution in [1.29, 1.82) is 0 Å². The molecule has 0 aliphatic heterocycles. The molecule has 1 nitrogen and oxygen atoms in total. The molecule has 1 aromatic heterocycles. The Morgan fingerprint density at radius 3 is 2.60 bits per heavy atom. The summed E-state index contributed by atoms with van der Waals surface area (Å²) < 4.78 is 37.9. The summed E-state index contributed by atoms with van der Waals surface area (Å²) in [6, 6.07) is 4.18. The Balaban J connectivity index is 2.67. The molecular formula is C10H5F3OS. The fourth-order valence-corrected chi connectivity index (χ4v) is 2.35. The second-order valence-corrected chi connectivity index (χ2v) is 3.93. The van der Waals surface area contributed by atoms with Crippen LogP contribution < -0.4 is 0 Å². The number of rotatable bonds is 1. The third kappa shape index (κ3) is 1.74. The molecule has 0 N–H and O–H groups in total. The molecule has 0 spiro atoms. The van der Waals surface area contributed by atoms with Crippen LogP contribution in [0.3, 0.4) is 0 Å². The van der Waals surface area contributed by atoms with Crippen LogP contribution in [-0.4, -0.2) is 6.29 Å². The van der Waals surface area contributed by atoms with E-state index < -0.39 is 11.7 Å². The smallest absolute Gasteiger partial charge is 0.298 e. The van der Waals surface area contributed by atoms with Gasteiger partial charge in [0.2, 0.25) is 0 Å². The summed E-state index contributed by atoms with van der Waals surface area (Å²) >= 11 is 0.991. The van der Waals surface area contributed by atoms with E-state index in [0.29, 0.717) is 16.5 Å². The first-order chi connectivity index (χ1) is 7.02. The van der Waals surface area contributed by atoms with Crippen molar-refractivity contribution >= 4 is 27.7 Å². The zero-order valence-corrected chi connectivity index (χ0v) is 8.15. The minimum Gasteiger partial charge on any atom is -0.298 e. The van der Waals surface area contributed by atoms with Crippen molar-refractivity contribution < 1.29 is 18.0 Å². The maximum atomic E-state index is 12.5. The van der Waals surface area contributed by atoms with Crippen LogP contribution in [0.5, 0.6) is 0 Å². The van der Waals surface area contributed by atoms with Crippen molar-refractivity contribution in [3.63, 3.8) is 0 Å². The van der Waals surface area contributed by atoms with Crippen LogP contribution in [0, 0.1) is 0 Å². The van der Waals surface area contributed by atoms with Gasteiger partial charge in [0.05, 0.1) is 5.56 Å². The monoisotopic (exact) mass is 230 g/mol. The highest BCUT2D eigenvalue weighted by atomic mass is 32.1. The molecule has 1 heterocycles. The highest BCUT2D eigenvalue weighted by molar-refractivity contribution is 7.17. The summed E-state index contributed by atoms with van der Waals surface area (Å²) in [6.07, 6.45) is -3.71. The zero-order chi connectivity index (χ0) is 11.1. The fraction of sp³-hybridized carbons (Fsp3) is 0.100. The maximum Gasteiger partial charge on any atom is 0.417 e. The van der Waals surface area contributed by atoms with E-state index in [1.54, 1.807) is 0 Å². The minimum absolute atomic E-state index is 0.151. The Morgan fingerprint density at radius 1 is 1.27 bits per heavy atom. The van der Waals surface area contributed by atoms with Crippen molar-refractivity contribution in [3.8, 4) is 0 Å². The van der Waals surface area contributed by atoms with E-state index in [-0.39, 0.29) is 5.39 Å². The topological polar surface area (TPSA) is 17.1 Å². The van der Waals surface area contributed by atoms with E-state index in [9.17, 15) is 18.0 Å². The van der Waals surface area contributed by atoms with E-state index in [0.717, 1.165) is 16.7 Å². The maximum absolute atomic E-state index is 12.5. The average molecular weight is 230 g/mol. The Kier molecular flexibility index (Phi) is 2.26. The molecule has 0 aliphatic carbocycles. The first-order valence-corrected chi connectivity index (χ1v) is 4.94. The first kappa shape index (κ1) is 10.2. The number of hydrogen-bond acceptors (Lipinski definition) is 2. The predicted octanol–water partition coefficient (Wildman–Crippen LogP) is 3.73. The fourth-order valence-electron chi connectivity index (χ4n) is 1.34. The molecule has 0 atom stereocenters. The summed E-state index contributed by atoms with van der Waals surface area (Å²) in [5.74, 6) is 0. The van der Waals surface area contributed by atoms with Crippen molar-refractivity contribution in [2.45, 2.75) is 6.18 Å². The molecule has 0 fully saturated rings. The van der Waals surface area contributed by atoms with Crippen LogP contribution in [-0.2, 0) is 6.18 Å². The quantitative estimate of drug-likeness (QED) is 0.682. The van der Waals surface area contributed by atoms with Gasteiger partial charge in [-0.25, -0.2) is 0 Å². The molecule has 0 radical (unpaired) electrons. The molecule has 2 aromatic rings. The van der Waals surface area contributed by atoms with Crippen LogP contribution in [0.1, 0.15) is 15.9 Å². The SMILES string of the molecule is O=Cc1ccc2c(C(F)(F)F)csc2c1. The third-order valence-electron chi connectivity index (χ3n) is 2.04. The number of carbonyl (C=O) groups excluding carboxylic acids is 1. The number of alkyl halides is 3. The number of aldehydes is 1. The lowest BCUT2D eigenvalue weighted by Crippen LogP contribution is -2.02. The van der Waals surface area contributed by atoms with E-state index in [2.05, 4.69) is 0 Å². The second-order valence-electron chi connectivity index (χ2n) is 3.02. The van der Waals surface area contributed by atoms with E-state index in [1.807, 2.05) is 0 Å². The van der Waals surface area contributed by atoms with Crippen molar-refractivity contribution in [2.24, 2.45) is 0 Å². The third-order valence-corrected chi connectivity index (χ3v) is 2.99. The van der Waals surface area contributed by atoms with Gasteiger partial charge in [-0.2, -0.15) is 13.2 Å². The summed E-state index contributed by atoms with van der Waals surface area (Å²) in [6.45, 7) is 0. The lowest BCUT2D eigenvalue weighted by molar-refractivity contribution is -0.136. The van der Waals surface area contributed by atoms with Crippen molar-refractivity contribution in [3.05, 3.63) is 34.7 Å². The number of thiophene rings is 1. The van der Waals surface area contributed by atoms with Gasteiger partial charge in [0, 0.05) is 21.0 Å². The minimum atomic E-state index is -4.33. The van der Waals surface area contributed by atoms with Crippen LogP contribution in [0.25, 0.3) is 10.1 Å². The Hall–Kier alpha value is -1.36. The molecule has 0 aliphatic rings. The highest BCUT2D eigenvalue weighted by Crippen LogP contribution is 2.38. The molecule has 0 saturated heterocycles. The van der Waals surface area contributed by atoms with Crippen LogP contribution in [0.4, 0.5) is 13.2 Å². The summed E-state index contributed by atoms with van der Waals surface area (Å²) in [5, 5.41) is 1.22. The summed E-state index contributed by atoms with van der Waals surface area (Å²) in [4.78, 5) is 10.4. The van der Waals surface area contributed by atoms with Crippen LogP contribution in [0.15, 0.2) is 23.6 Å². The van der Waals surface area contributed by atoms with E-state index in [1.165, 1.54) is 18.2 Å². The summed E-state index contributed by atoms with van der Waals surface area (Å²) in [7, 11) is 0. The second kappa shape index (κ2) is 3.34. The van der Waals surface area contributed by atoms with Gasteiger partial charge in [0.1, 0.15) is 6.29 Å². The van der Waals surface area contributed by atoms with E-state index >= 15 is 0 Å². The molecule has 5 heteroatoms. The van der Waals surface area contributed by atoms with Gasteiger partial charge in [-0.1, -0.05) is 12.1 Å². The van der Waals surface area contributed by atoms with Gasteiger partial charge in [-0.05, 0) is 6.07 Å². The number of hydrogen-bond donors (Lipinski definition) is 0. The number of benzene rings is 1. The average Bonchev–Trinajstić information content (AvgIpc) is 2.59. The number of halogens is 3. The molecule has 0 amide bonds. The molecule has 78 valence electrons. The summed E-state index contributed by atoms with van der Waals surface area (Å²) in [5.41, 5.74) is -0.252. The lowest BCUT2D eigenvalue weighted by atomic mass is 10.1. The van der Waals surface area contributed by atoms with Gasteiger partial charge in [-0.3, -0.25) is 4.79 Å². The lowest BCUT2D eigenvalue weighted by Gasteiger charge is -2.03. The Morgan fingerprint density at radius 2 is 2.00 bits per heavy atom. The van der Waals surface area contributed by atoms with Crippen molar-refractivity contribution in [2.75, 3.05) is 0 Å². The van der Waals surface area contributed by atoms with Crippen LogP contribution >= 0.6 is 11.3 Å². The van der Waals surface area contributed by atoms with E-state index in [4.69, 9.17) is 0 Å². The van der Waals surface area contributed by atoms with Gasteiger partial charge >= 0.3 is 6.18 Å². The molecule has 1 aromatic carbocycles. The first-order valence-electron chi connectivity index (χ1n) is 4.06. The molecule has 0 bridgehead atoms. The molecule has 15 heavy (non-hydrogen) atoms. The Bertz CT molecular complexity index is 513. The number of carbonyl (C=O) groups is 1. The van der Waals surface area contributed by atoms with Crippen LogP contribution in [0.2, 0.25) is 0 Å². The molecular weight excluding hydrogens is 225 g/mol. The molecule has 2 rings (SSSR count).